The second-order valence-electron chi connectivity index (χ2n) is 23.5. The third-order valence-corrected chi connectivity index (χ3v) is 15.8. The number of unbranched alkanes of at least 4 members (excludes halogenated alkanes) is 47. The Morgan fingerprint density at radius 1 is 0.364 bits per heavy atom. The molecule has 2 unspecified atom stereocenters. The van der Waals surface area contributed by atoms with Crippen LogP contribution in [0, 0.1) is 0 Å². The van der Waals surface area contributed by atoms with Crippen molar-refractivity contribution in [1.29, 1.82) is 0 Å². The summed E-state index contributed by atoms with van der Waals surface area (Å²) in [5, 5.41) is 23.1. The van der Waals surface area contributed by atoms with Crippen LogP contribution < -0.4 is 5.32 Å². The second-order valence-corrected chi connectivity index (χ2v) is 23.5. The number of carbonyl (C=O) groups excluding carboxylic acids is 2. The zero-order valence-corrected chi connectivity index (χ0v) is 51.7. The molecule has 0 aliphatic heterocycles. The van der Waals surface area contributed by atoms with E-state index in [1.165, 1.54) is 289 Å². The van der Waals surface area contributed by atoms with E-state index in [2.05, 4.69) is 55.6 Å². The fourth-order valence-corrected chi connectivity index (χ4v) is 10.6. The first-order valence-corrected chi connectivity index (χ1v) is 34.4. The second kappa shape index (κ2) is 66.3. The van der Waals surface area contributed by atoms with Crippen LogP contribution in [0.2, 0.25) is 0 Å². The van der Waals surface area contributed by atoms with Crippen molar-refractivity contribution in [2.75, 3.05) is 13.2 Å². The minimum Gasteiger partial charge on any atom is -0.466 e. The SMILES string of the molecule is CCC/C=C\C/C=C\CCCCCCCC(=O)OCCCCCCCCCCCCCC/C=C\CCCCCCCCCCCCCCCCCCCC(=O)NC(CO)C(O)/C=C/CCCCCCCCCCCCCC. The summed E-state index contributed by atoms with van der Waals surface area (Å²) in [5.41, 5.74) is 0. The number of aliphatic hydroxyl groups excluding tert-OH is 2. The lowest BCUT2D eigenvalue weighted by molar-refractivity contribution is -0.143. The van der Waals surface area contributed by atoms with Gasteiger partial charge < -0.3 is 20.3 Å². The first kappa shape index (κ1) is 74.8. The van der Waals surface area contributed by atoms with Crippen molar-refractivity contribution >= 4 is 11.9 Å². The normalized spacial score (nSPS) is 12.8. The van der Waals surface area contributed by atoms with Crippen LogP contribution in [0.15, 0.2) is 48.6 Å². The monoisotopic (exact) mass is 1080 g/mol. The first-order chi connectivity index (χ1) is 38.0. The Labute approximate surface area is 480 Å². The number of aliphatic hydroxyl groups is 2. The summed E-state index contributed by atoms with van der Waals surface area (Å²) in [6.07, 6.45) is 86.2. The first-order valence-electron chi connectivity index (χ1n) is 34.4. The molecule has 3 N–H and O–H groups in total. The highest BCUT2D eigenvalue weighted by Gasteiger charge is 2.18. The van der Waals surface area contributed by atoms with Gasteiger partial charge in [-0.15, -0.1) is 0 Å². The molecule has 0 aromatic carbocycles. The van der Waals surface area contributed by atoms with Crippen LogP contribution in [-0.2, 0) is 14.3 Å². The number of allylic oxidation sites excluding steroid dienone is 7. The third kappa shape index (κ3) is 62.9. The van der Waals surface area contributed by atoms with E-state index in [9.17, 15) is 19.8 Å². The Morgan fingerprint density at radius 2 is 0.675 bits per heavy atom. The number of hydrogen-bond acceptors (Lipinski definition) is 5. The molecule has 6 nitrogen and oxygen atoms in total. The summed E-state index contributed by atoms with van der Waals surface area (Å²) in [6, 6.07) is -0.625. The number of hydrogen-bond donors (Lipinski definition) is 3. The van der Waals surface area contributed by atoms with Crippen molar-refractivity contribution in [3.05, 3.63) is 48.6 Å². The van der Waals surface area contributed by atoms with Crippen LogP contribution >= 0.6 is 0 Å². The summed E-state index contributed by atoms with van der Waals surface area (Å²) in [7, 11) is 0. The Bertz CT molecular complexity index is 1290. The molecule has 77 heavy (non-hydrogen) atoms. The Hall–Kier alpha value is -2.18. The van der Waals surface area contributed by atoms with Crippen molar-refractivity contribution in [3.63, 3.8) is 0 Å². The predicted octanol–water partition coefficient (Wildman–Crippen LogP) is 22.1. The van der Waals surface area contributed by atoms with Crippen molar-refractivity contribution in [2.45, 2.75) is 379 Å². The zero-order valence-electron chi connectivity index (χ0n) is 51.7. The molecule has 0 bridgehead atoms. The van der Waals surface area contributed by atoms with E-state index in [0.29, 0.717) is 19.4 Å². The van der Waals surface area contributed by atoms with Gasteiger partial charge in [0.05, 0.1) is 25.4 Å². The standard InChI is InChI=1S/C71H133NO5/c1-3-5-7-9-11-13-15-17-40-43-47-51-55-59-63-69(74)68(67-73)72-70(75)64-60-56-52-48-44-41-37-35-33-31-29-27-25-23-21-19-18-20-22-24-26-28-30-32-34-36-38-42-46-50-54-58-62-66-77-71(76)65-61-57-53-49-45-39-16-14-12-10-8-6-4-2/h8,10,14,16,22,24,59,63,68-69,73-74H,3-7,9,11-13,15,17-21,23,25-58,60-62,64-67H2,1-2H3,(H,72,75)/b10-8-,16-14-,24-22-,63-59+. The fourth-order valence-electron chi connectivity index (χ4n) is 10.6. The minimum atomic E-state index is -0.842. The summed E-state index contributed by atoms with van der Waals surface area (Å²) >= 11 is 0. The number of carbonyl (C=O) groups is 2. The molecule has 0 aliphatic rings. The highest BCUT2D eigenvalue weighted by molar-refractivity contribution is 5.76. The molecule has 1 amide bonds. The van der Waals surface area contributed by atoms with E-state index < -0.39 is 12.1 Å². The van der Waals surface area contributed by atoms with Gasteiger partial charge in [0, 0.05) is 12.8 Å². The molecule has 6 heteroatoms. The van der Waals surface area contributed by atoms with Crippen LogP contribution in [0.3, 0.4) is 0 Å². The molecule has 0 radical (unpaired) electrons. The van der Waals surface area contributed by atoms with Gasteiger partial charge in [-0.05, 0) is 83.5 Å². The van der Waals surface area contributed by atoms with Gasteiger partial charge in [-0.3, -0.25) is 9.59 Å². The Kier molecular flexibility index (Phi) is 64.5. The summed E-state index contributed by atoms with van der Waals surface area (Å²) < 4.78 is 5.47. The maximum atomic E-state index is 12.5. The van der Waals surface area contributed by atoms with Crippen molar-refractivity contribution < 1.29 is 24.5 Å². The average Bonchev–Trinajstić information content (AvgIpc) is 3.43. The third-order valence-electron chi connectivity index (χ3n) is 15.8. The zero-order chi connectivity index (χ0) is 55.7. The van der Waals surface area contributed by atoms with Gasteiger partial charge >= 0.3 is 5.97 Å². The highest BCUT2D eigenvalue weighted by Crippen LogP contribution is 2.18. The van der Waals surface area contributed by atoms with Crippen molar-refractivity contribution in [3.8, 4) is 0 Å². The number of rotatable bonds is 64. The molecule has 0 rings (SSSR count). The van der Waals surface area contributed by atoms with Crippen molar-refractivity contribution in [2.24, 2.45) is 0 Å². The molecule has 452 valence electrons. The van der Waals surface area contributed by atoms with Crippen LogP contribution in [0.5, 0.6) is 0 Å². The summed E-state index contributed by atoms with van der Waals surface area (Å²) in [5.74, 6) is -0.0608. The fraction of sp³-hybridized carbons (Fsp3) is 0.859. The summed E-state index contributed by atoms with van der Waals surface area (Å²) in [4.78, 5) is 24.5. The molecule has 0 aromatic heterocycles. The average molecular weight is 1080 g/mol. The lowest BCUT2D eigenvalue weighted by Crippen LogP contribution is -2.45. The molecule has 0 heterocycles. The predicted molar refractivity (Wildman–Crippen MR) is 338 cm³/mol. The Balaban J connectivity index is 3.36. The van der Waals surface area contributed by atoms with E-state index in [1.54, 1.807) is 6.08 Å². The molecular weight excluding hydrogens is 947 g/mol. The smallest absolute Gasteiger partial charge is 0.305 e. The van der Waals surface area contributed by atoms with Gasteiger partial charge in [0.2, 0.25) is 5.91 Å². The van der Waals surface area contributed by atoms with Crippen LogP contribution in [0.4, 0.5) is 0 Å². The van der Waals surface area contributed by atoms with E-state index in [0.717, 1.165) is 51.4 Å². The molecule has 2 atom stereocenters. The summed E-state index contributed by atoms with van der Waals surface area (Å²) in [6.45, 7) is 4.85. The molecule has 0 saturated carbocycles. The van der Waals surface area contributed by atoms with E-state index in [1.807, 2.05) is 6.08 Å². The lowest BCUT2D eigenvalue weighted by atomic mass is 10.0. The molecule has 0 saturated heterocycles. The van der Waals surface area contributed by atoms with E-state index >= 15 is 0 Å². The van der Waals surface area contributed by atoms with Gasteiger partial charge in [-0.2, -0.15) is 0 Å². The largest absolute Gasteiger partial charge is 0.466 e. The maximum absolute atomic E-state index is 12.5. The van der Waals surface area contributed by atoms with Gasteiger partial charge in [0.25, 0.3) is 0 Å². The number of esters is 1. The van der Waals surface area contributed by atoms with Gasteiger partial charge in [0.1, 0.15) is 0 Å². The number of amides is 1. The quantitative estimate of drug-likeness (QED) is 0.0320. The molecule has 0 fully saturated rings. The lowest BCUT2D eigenvalue weighted by Gasteiger charge is -2.20. The molecule has 0 spiro atoms. The molecule has 0 aromatic rings. The van der Waals surface area contributed by atoms with Crippen LogP contribution in [0.25, 0.3) is 0 Å². The van der Waals surface area contributed by atoms with Gasteiger partial charge in [0.15, 0.2) is 0 Å². The number of ether oxygens (including phenoxy) is 1. The van der Waals surface area contributed by atoms with E-state index in [4.69, 9.17) is 4.74 Å². The van der Waals surface area contributed by atoms with Crippen LogP contribution in [-0.4, -0.2) is 47.4 Å². The van der Waals surface area contributed by atoms with Gasteiger partial charge in [-0.25, -0.2) is 0 Å². The Morgan fingerprint density at radius 3 is 1.05 bits per heavy atom. The van der Waals surface area contributed by atoms with Crippen LogP contribution in [0.1, 0.15) is 367 Å². The topological polar surface area (TPSA) is 95.9 Å². The minimum absolute atomic E-state index is 0.00289. The highest BCUT2D eigenvalue weighted by atomic mass is 16.5. The molecular formula is C71H133NO5. The maximum Gasteiger partial charge on any atom is 0.305 e. The van der Waals surface area contributed by atoms with Crippen molar-refractivity contribution in [1.82, 2.24) is 5.32 Å². The van der Waals surface area contributed by atoms with Gasteiger partial charge in [-0.1, -0.05) is 319 Å². The molecule has 0 aliphatic carbocycles. The number of nitrogens with one attached hydrogen (secondary N) is 1. The van der Waals surface area contributed by atoms with E-state index in [-0.39, 0.29) is 18.5 Å².